The van der Waals surface area contributed by atoms with Crippen LogP contribution in [0.2, 0.25) is 0 Å². The summed E-state index contributed by atoms with van der Waals surface area (Å²) in [6.45, 7) is 8.19. The number of allylic oxidation sites excluding steroid dienone is 1. The highest BCUT2D eigenvalue weighted by atomic mass is 16.3. The lowest BCUT2D eigenvalue weighted by atomic mass is 9.45. The molecular formula is C27H44O6. The first-order chi connectivity index (χ1) is 15.3. The number of rotatable bonds is 6. The summed E-state index contributed by atoms with van der Waals surface area (Å²) in [6.07, 6.45) is 5.68. The van der Waals surface area contributed by atoms with Crippen molar-refractivity contribution in [2.24, 2.45) is 34.5 Å². The minimum Gasteiger partial charge on any atom is -0.396 e. The summed E-state index contributed by atoms with van der Waals surface area (Å²) in [4.78, 5) is 13.2. The fourth-order valence-corrected chi connectivity index (χ4v) is 8.44. The monoisotopic (exact) mass is 464 g/mol. The quantitative estimate of drug-likeness (QED) is 0.413. The van der Waals surface area contributed by atoms with Crippen LogP contribution in [0.25, 0.3) is 0 Å². The first kappa shape index (κ1) is 25.3. The minimum absolute atomic E-state index is 0.00507. The van der Waals surface area contributed by atoms with Gasteiger partial charge in [0.15, 0.2) is 5.78 Å². The van der Waals surface area contributed by atoms with Crippen LogP contribution >= 0.6 is 0 Å². The van der Waals surface area contributed by atoms with Gasteiger partial charge in [0.2, 0.25) is 0 Å². The van der Waals surface area contributed by atoms with Gasteiger partial charge in [-0.1, -0.05) is 27.2 Å². The highest BCUT2D eigenvalue weighted by Gasteiger charge is 2.68. The van der Waals surface area contributed by atoms with E-state index in [1.165, 1.54) is 0 Å². The molecule has 33 heavy (non-hydrogen) atoms. The number of carbonyl (C=O) groups excluding carboxylic acids is 1. The van der Waals surface area contributed by atoms with Gasteiger partial charge in [-0.25, -0.2) is 0 Å². The Balaban J connectivity index is 1.62. The summed E-state index contributed by atoms with van der Waals surface area (Å²) in [7, 11) is 0. The van der Waals surface area contributed by atoms with Crippen molar-refractivity contribution in [3.05, 3.63) is 11.6 Å². The Morgan fingerprint density at radius 2 is 1.85 bits per heavy atom. The first-order valence-electron chi connectivity index (χ1n) is 13.0. The summed E-state index contributed by atoms with van der Waals surface area (Å²) in [5.41, 5.74) is -2.28. The van der Waals surface area contributed by atoms with Crippen LogP contribution < -0.4 is 0 Å². The summed E-state index contributed by atoms with van der Waals surface area (Å²) in [5.74, 6) is -0.244. The Bertz CT molecular complexity index is 806. The van der Waals surface area contributed by atoms with Crippen LogP contribution in [-0.2, 0) is 4.79 Å². The molecule has 188 valence electrons. The molecule has 0 radical (unpaired) electrons. The molecule has 0 aliphatic heterocycles. The van der Waals surface area contributed by atoms with E-state index in [1.807, 2.05) is 13.8 Å². The molecule has 4 aliphatic rings. The topological polar surface area (TPSA) is 118 Å². The number of carbonyl (C=O) groups is 1. The van der Waals surface area contributed by atoms with E-state index in [0.29, 0.717) is 25.7 Å². The van der Waals surface area contributed by atoms with Crippen molar-refractivity contribution in [2.45, 2.75) is 109 Å². The molecule has 0 aromatic heterocycles. The van der Waals surface area contributed by atoms with E-state index in [2.05, 4.69) is 13.8 Å². The normalized spacial score (nSPS) is 47.7. The molecule has 0 amide bonds. The van der Waals surface area contributed by atoms with Gasteiger partial charge < -0.3 is 25.5 Å². The lowest BCUT2D eigenvalue weighted by molar-refractivity contribution is -0.160. The van der Waals surface area contributed by atoms with Gasteiger partial charge in [0.05, 0.1) is 23.4 Å². The van der Waals surface area contributed by atoms with Crippen molar-refractivity contribution in [1.82, 2.24) is 0 Å². The average Bonchev–Trinajstić information content (AvgIpc) is 3.02. The zero-order valence-electron chi connectivity index (χ0n) is 20.8. The molecule has 3 unspecified atom stereocenters. The molecule has 0 heterocycles. The van der Waals surface area contributed by atoms with Crippen molar-refractivity contribution in [3.63, 3.8) is 0 Å². The number of hydrogen-bond donors (Lipinski definition) is 5. The molecule has 0 spiro atoms. The number of aliphatic hydroxyl groups excluding tert-OH is 3. The van der Waals surface area contributed by atoms with Crippen molar-refractivity contribution >= 4 is 5.78 Å². The highest BCUT2D eigenvalue weighted by molar-refractivity contribution is 5.95. The maximum Gasteiger partial charge on any atom is 0.159 e. The van der Waals surface area contributed by atoms with Crippen LogP contribution in [0.3, 0.4) is 0 Å². The second kappa shape index (κ2) is 8.41. The van der Waals surface area contributed by atoms with E-state index >= 15 is 0 Å². The SMILES string of the molecule is CC(CO)CCCC(C)(O)[C@@H]1CC[C@@]2(O)C3=CC(=O)[C@@H]4C[C@@H](O)[C@@H](O)C[C@]4(C)C3CC[C@]12C. The molecule has 0 saturated heterocycles. The standard InChI is InChI=1S/C27H44O6/c1-16(15-28)6-5-9-26(4,32)23-8-11-27(33)18-12-20(29)19-13-21(30)22(31)14-24(19,2)17(18)7-10-25(23,27)3/h12,16-17,19,21-23,28,30-33H,5-11,13-15H2,1-4H3/t16?,17?,19-,21+,22-,23+,24+,25+,26?,27+/m0/s1. The van der Waals surface area contributed by atoms with Crippen molar-refractivity contribution in [1.29, 1.82) is 0 Å². The second-order valence-electron chi connectivity index (χ2n) is 12.6. The summed E-state index contributed by atoms with van der Waals surface area (Å²) in [6, 6.07) is 0. The van der Waals surface area contributed by atoms with Crippen LogP contribution in [0.4, 0.5) is 0 Å². The number of aliphatic hydroxyl groups is 5. The molecule has 0 aromatic carbocycles. The third-order valence-electron chi connectivity index (χ3n) is 10.6. The maximum atomic E-state index is 13.2. The molecule has 4 aliphatic carbocycles. The van der Waals surface area contributed by atoms with Crippen LogP contribution in [0.5, 0.6) is 0 Å². The molecule has 4 rings (SSSR count). The molecule has 3 fully saturated rings. The second-order valence-corrected chi connectivity index (χ2v) is 12.6. The molecular weight excluding hydrogens is 420 g/mol. The first-order valence-corrected chi connectivity index (χ1v) is 13.0. The van der Waals surface area contributed by atoms with Crippen LogP contribution in [0.15, 0.2) is 11.6 Å². The molecule has 5 N–H and O–H groups in total. The Labute approximate surface area is 198 Å². The lowest BCUT2D eigenvalue weighted by Gasteiger charge is -2.60. The van der Waals surface area contributed by atoms with E-state index < -0.39 is 34.2 Å². The highest BCUT2D eigenvalue weighted by Crippen LogP contribution is 2.68. The predicted molar refractivity (Wildman–Crippen MR) is 125 cm³/mol. The molecule has 6 nitrogen and oxygen atoms in total. The van der Waals surface area contributed by atoms with Gasteiger partial charge in [-0.3, -0.25) is 4.79 Å². The van der Waals surface area contributed by atoms with Crippen molar-refractivity contribution in [2.75, 3.05) is 6.61 Å². The van der Waals surface area contributed by atoms with Gasteiger partial charge in [-0.15, -0.1) is 0 Å². The third-order valence-corrected chi connectivity index (χ3v) is 10.6. The minimum atomic E-state index is -1.15. The molecule has 10 atom stereocenters. The van der Waals surface area contributed by atoms with Crippen molar-refractivity contribution in [3.8, 4) is 0 Å². The Morgan fingerprint density at radius 1 is 1.15 bits per heavy atom. The predicted octanol–water partition coefficient (Wildman–Crippen LogP) is 2.74. The van der Waals surface area contributed by atoms with Crippen molar-refractivity contribution < 1.29 is 30.3 Å². The van der Waals surface area contributed by atoms with E-state index in [9.17, 15) is 30.3 Å². The summed E-state index contributed by atoms with van der Waals surface area (Å²) in [5, 5.41) is 53.7. The van der Waals surface area contributed by atoms with Gasteiger partial charge in [0.1, 0.15) is 0 Å². The molecule has 0 aromatic rings. The van der Waals surface area contributed by atoms with Crippen LogP contribution in [0.1, 0.15) is 85.5 Å². The van der Waals surface area contributed by atoms with Gasteiger partial charge in [-0.2, -0.15) is 0 Å². The summed E-state index contributed by atoms with van der Waals surface area (Å²) < 4.78 is 0. The third kappa shape index (κ3) is 3.76. The van der Waals surface area contributed by atoms with Gasteiger partial charge in [0.25, 0.3) is 0 Å². The van der Waals surface area contributed by atoms with E-state index in [-0.39, 0.29) is 42.5 Å². The smallest absolute Gasteiger partial charge is 0.159 e. The average molecular weight is 465 g/mol. The largest absolute Gasteiger partial charge is 0.396 e. The lowest BCUT2D eigenvalue weighted by Crippen LogP contribution is -2.61. The van der Waals surface area contributed by atoms with E-state index in [4.69, 9.17) is 0 Å². The fourth-order valence-electron chi connectivity index (χ4n) is 8.44. The zero-order valence-corrected chi connectivity index (χ0v) is 20.8. The van der Waals surface area contributed by atoms with Gasteiger partial charge in [0, 0.05) is 17.9 Å². The summed E-state index contributed by atoms with van der Waals surface area (Å²) >= 11 is 0. The van der Waals surface area contributed by atoms with Crippen LogP contribution in [-0.4, -0.2) is 61.3 Å². The number of hydrogen-bond acceptors (Lipinski definition) is 6. The molecule has 6 heteroatoms. The fraction of sp³-hybridized carbons (Fsp3) is 0.889. The van der Waals surface area contributed by atoms with Crippen LogP contribution in [0, 0.1) is 34.5 Å². The molecule has 3 saturated carbocycles. The Hall–Kier alpha value is -0.790. The van der Waals surface area contributed by atoms with Gasteiger partial charge >= 0.3 is 0 Å². The van der Waals surface area contributed by atoms with E-state index in [0.717, 1.165) is 31.3 Å². The Morgan fingerprint density at radius 3 is 2.52 bits per heavy atom. The van der Waals surface area contributed by atoms with Gasteiger partial charge in [-0.05, 0) is 93.1 Å². The molecule has 0 bridgehead atoms. The number of fused-ring (bicyclic) bond motifs is 5. The Kier molecular flexibility index (Phi) is 6.45. The zero-order chi connectivity index (χ0) is 24.4. The maximum absolute atomic E-state index is 13.2. The number of ketones is 1. The van der Waals surface area contributed by atoms with E-state index in [1.54, 1.807) is 6.08 Å².